The van der Waals surface area contributed by atoms with E-state index in [1.807, 2.05) is 91.1 Å². The van der Waals surface area contributed by atoms with Gasteiger partial charge in [-0.2, -0.15) is 0 Å². The summed E-state index contributed by atoms with van der Waals surface area (Å²) in [5, 5.41) is 4.73. The Bertz CT molecular complexity index is 1460. The summed E-state index contributed by atoms with van der Waals surface area (Å²) in [5.74, 6) is 0.330. The third-order valence-corrected chi connectivity index (χ3v) is 6.15. The molecule has 0 aliphatic rings. The molecule has 0 bridgehead atoms. The second kappa shape index (κ2) is 10.4. The molecule has 0 aliphatic heterocycles. The smallest absolute Gasteiger partial charge is 0.408 e. The minimum Gasteiger partial charge on any atom is -0.457 e. The normalized spacial score (nSPS) is 11.9. The van der Waals surface area contributed by atoms with Gasteiger partial charge in [0.25, 0.3) is 0 Å². The van der Waals surface area contributed by atoms with E-state index in [1.54, 1.807) is 11.9 Å². The average Bonchev–Trinajstić information content (AvgIpc) is 3.51. The van der Waals surface area contributed by atoms with E-state index >= 15 is 0 Å². The average molecular weight is 482 g/mol. The number of alkyl carbamates (subject to hydrolysis) is 1. The van der Waals surface area contributed by atoms with Crippen LogP contribution in [-0.2, 0) is 29.1 Å². The lowest BCUT2D eigenvalue weighted by Crippen LogP contribution is -2.48. The Morgan fingerprint density at radius 1 is 1.00 bits per heavy atom. The summed E-state index contributed by atoms with van der Waals surface area (Å²) < 4.78 is 11.1. The first-order valence-electron chi connectivity index (χ1n) is 11.8. The number of furan rings is 1. The van der Waals surface area contributed by atoms with Gasteiger partial charge >= 0.3 is 6.09 Å². The molecule has 0 aliphatic carbocycles. The third-order valence-electron chi connectivity index (χ3n) is 6.15. The zero-order valence-electron chi connectivity index (χ0n) is 19.9. The van der Waals surface area contributed by atoms with Crippen LogP contribution in [0.25, 0.3) is 21.9 Å². The van der Waals surface area contributed by atoms with Crippen molar-refractivity contribution in [2.45, 2.75) is 25.6 Å². The van der Waals surface area contributed by atoms with E-state index in [-0.39, 0.29) is 12.5 Å². The molecule has 182 valence electrons. The highest BCUT2D eigenvalue weighted by Gasteiger charge is 2.26. The number of hydrogen-bond donors (Lipinski definition) is 2. The van der Waals surface area contributed by atoms with Gasteiger partial charge < -0.3 is 24.4 Å². The minimum absolute atomic E-state index is 0.0334. The van der Waals surface area contributed by atoms with Gasteiger partial charge in [-0.3, -0.25) is 4.79 Å². The molecule has 0 spiro atoms. The Morgan fingerprint density at radius 2 is 1.75 bits per heavy atom. The lowest BCUT2D eigenvalue weighted by atomic mass is 10.0. The number of carbonyl (C=O) groups is 2. The van der Waals surface area contributed by atoms with Crippen molar-refractivity contribution >= 4 is 33.9 Å². The van der Waals surface area contributed by atoms with Gasteiger partial charge in [-0.25, -0.2) is 4.79 Å². The van der Waals surface area contributed by atoms with E-state index in [1.165, 1.54) is 0 Å². The molecule has 5 rings (SSSR count). The third kappa shape index (κ3) is 5.25. The molecule has 0 saturated heterocycles. The number of carbonyl (C=O) groups excluding carboxylic acids is 2. The lowest BCUT2D eigenvalue weighted by Gasteiger charge is -2.24. The molecular formula is C29H27N3O4. The van der Waals surface area contributed by atoms with E-state index in [0.717, 1.165) is 33.0 Å². The molecule has 0 fully saturated rings. The van der Waals surface area contributed by atoms with Gasteiger partial charge in [0.05, 0.1) is 0 Å². The number of ether oxygens (including phenoxy) is 1. The fraction of sp³-hybridized carbons (Fsp3) is 0.172. The Morgan fingerprint density at radius 3 is 2.58 bits per heavy atom. The number of para-hydroxylation sites is 2. The standard InChI is InChI=1S/C29H27N3O4/c1-32(18-20-9-3-2-4-10-20)28(33)26(16-22-17-30-25-13-7-6-12-24(22)25)31-29(34)35-19-23-15-21-11-5-8-14-27(21)36-23/h2-15,17,26,30H,16,18-19H2,1H3,(H,31,34)/t26-/m0/s1. The van der Waals surface area contributed by atoms with E-state index in [4.69, 9.17) is 9.15 Å². The molecule has 2 N–H and O–H groups in total. The van der Waals surface area contributed by atoms with Crippen molar-refractivity contribution < 1.29 is 18.7 Å². The van der Waals surface area contributed by atoms with Gasteiger partial charge in [0.15, 0.2) is 6.61 Å². The molecule has 2 aromatic heterocycles. The summed E-state index contributed by atoms with van der Waals surface area (Å²) in [7, 11) is 1.74. The van der Waals surface area contributed by atoms with E-state index in [0.29, 0.717) is 18.7 Å². The summed E-state index contributed by atoms with van der Waals surface area (Å²) in [6, 6.07) is 26.2. The minimum atomic E-state index is -0.805. The van der Waals surface area contributed by atoms with Crippen LogP contribution >= 0.6 is 0 Å². The zero-order chi connectivity index (χ0) is 24.9. The summed E-state index contributed by atoms with van der Waals surface area (Å²) >= 11 is 0. The number of nitrogens with zero attached hydrogens (tertiary/aromatic N) is 1. The van der Waals surface area contributed by atoms with Crippen LogP contribution in [0.15, 0.2) is 95.5 Å². The first-order chi connectivity index (χ1) is 17.6. The van der Waals surface area contributed by atoms with E-state index in [9.17, 15) is 9.59 Å². The summed E-state index contributed by atoms with van der Waals surface area (Å²) in [6.45, 7) is 0.397. The molecule has 36 heavy (non-hydrogen) atoms. The van der Waals surface area contributed by atoms with Crippen LogP contribution in [-0.4, -0.2) is 35.0 Å². The number of aromatic nitrogens is 1. The molecule has 0 saturated carbocycles. The molecule has 5 aromatic rings. The predicted molar refractivity (Wildman–Crippen MR) is 138 cm³/mol. The van der Waals surface area contributed by atoms with Crippen molar-refractivity contribution in [3.05, 3.63) is 108 Å². The largest absolute Gasteiger partial charge is 0.457 e. The molecular weight excluding hydrogens is 454 g/mol. The van der Waals surface area contributed by atoms with Gasteiger partial charge in [0.2, 0.25) is 5.91 Å². The van der Waals surface area contributed by atoms with Gasteiger partial charge in [-0.05, 0) is 29.3 Å². The molecule has 3 aromatic carbocycles. The van der Waals surface area contributed by atoms with Gasteiger partial charge in [-0.1, -0.05) is 66.7 Å². The quantitative estimate of drug-likeness (QED) is 0.310. The maximum atomic E-state index is 13.5. The van der Waals surface area contributed by atoms with Crippen LogP contribution in [0, 0.1) is 0 Å². The van der Waals surface area contributed by atoms with Crippen molar-refractivity contribution in [2.24, 2.45) is 0 Å². The number of amides is 2. The number of hydrogen-bond acceptors (Lipinski definition) is 4. The fourth-order valence-corrected chi connectivity index (χ4v) is 4.35. The van der Waals surface area contributed by atoms with Gasteiger partial charge in [0.1, 0.15) is 17.4 Å². The molecule has 2 heterocycles. The van der Waals surface area contributed by atoms with Crippen LogP contribution in [0.3, 0.4) is 0 Å². The fourth-order valence-electron chi connectivity index (χ4n) is 4.35. The maximum Gasteiger partial charge on any atom is 0.408 e. The highest BCUT2D eigenvalue weighted by atomic mass is 16.6. The Hall–Kier alpha value is -4.52. The van der Waals surface area contributed by atoms with Crippen LogP contribution in [0.5, 0.6) is 0 Å². The topological polar surface area (TPSA) is 87.6 Å². The van der Waals surface area contributed by atoms with E-state index in [2.05, 4.69) is 10.3 Å². The SMILES string of the molecule is CN(Cc1ccccc1)C(=O)[C@H](Cc1c[nH]c2ccccc12)NC(=O)OCc1cc2ccccc2o1. The number of rotatable bonds is 8. The van der Waals surface area contributed by atoms with Crippen LogP contribution in [0.2, 0.25) is 0 Å². The second-order valence-electron chi connectivity index (χ2n) is 8.77. The van der Waals surface area contributed by atoms with Crippen molar-refractivity contribution in [1.82, 2.24) is 15.2 Å². The van der Waals surface area contributed by atoms with Crippen LogP contribution < -0.4 is 5.32 Å². The van der Waals surface area contributed by atoms with E-state index < -0.39 is 12.1 Å². The molecule has 7 heteroatoms. The molecule has 0 radical (unpaired) electrons. The summed E-state index contributed by atoms with van der Waals surface area (Å²) in [5.41, 5.74) is 3.65. The van der Waals surface area contributed by atoms with Crippen LogP contribution in [0.4, 0.5) is 4.79 Å². The number of likely N-dealkylation sites (N-methyl/N-ethyl adjacent to an activating group) is 1. The van der Waals surface area contributed by atoms with Crippen LogP contribution in [0.1, 0.15) is 16.9 Å². The monoisotopic (exact) mass is 481 g/mol. The second-order valence-corrected chi connectivity index (χ2v) is 8.77. The van der Waals surface area contributed by atoms with Crippen molar-refractivity contribution in [2.75, 3.05) is 7.05 Å². The van der Waals surface area contributed by atoms with Gasteiger partial charge in [-0.15, -0.1) is 0 Å². The summed E-state index contributed by atoms with van der Waals surface area (Å²) in [6.07, 6.45) is 1.52. The molecule has 2 amide bonds. The summed E-state index contributed by atoms with van der Waals surface area (Å²) in [4.78, 5) is 31.1. The van der Waals surface area contributed by atoms with Crippen molar-refractivity contribution in [1.29, 1.82) is 0 Å². The lowest BCUT2D eigenvalue weighted by molar-refractivity contribution is -0.132. The predicted octanol–water partition coefficient (Wildman–Crippen LogP) is 5.41. The Balaban J connectivity index is 1.30. The number of aromatic amines is 1. The number of nitrogens with one attached hydrogen (secondary N) is 2. The maximum absolute atomic E-state index is 13.5. The van der Waals surface area contributed by atoms with Gasteiger partial charge in [0, 0.05) is 42.5 Å². The Labute approximate surface area is 208 Å². The van der Waals surface area contributed by atoms with Crippen molar-refractivity contribution in [3.8, 4) is 0 Å². The Kier molecular flexibility index (Phi) is 6.71. The van der Waals surface area contributed by atoms with Crippen molar-refractivity contribution in [3.63, 3.8) is 0 Å². The number of fused-ring (bicyclic) bond motifs is 2. The number of benzene rings is 3. The molecule has 1 atom stereocenters. The number of H-pyrrole nitrogens is 1. The molecule has 7 nitrogen and oxygen atoms in total. The molecule has 0 unspecified atom stereocenters. The first kappa shape index (κ1) is 23.2. The zero-order valence-corrected chi connectivity index (χ0v) is 19.9. The first-order valence-corrected chi connectivity index (χ1v) is 11.8. The highest BCUT2D eigenvalue weighted by Crippen LogP contribution is 2.21. The highest BCUT2D eigenvalue weighted by molar-refractivity contribution is 5.88.